The normalized spacial score (nSPS) is 30.8. The Morgan fingerprint density at radius 2 is 1.97 bits per heavy atom. The molecule has 3 fully saturated rings. The number of rotatable bonds is 6. The van der Waals surface area contributed by atoms with Crippen LogP contribution >= 0.6 is 0 Å². The first kappa shape index (κ1) is 21.3. The van der Waals surface area contributed by atoms with E-state index in [9.17, 15) is 15.0 Å². The monoisotopic (exact) mass is 447 g/mol. The van der Waals surface area contributed by atoms with Crippen LogP contribution in [-0.4, -0.2) is 85.9 Å². The van der Waals surface area contributed by atoms with Gasteiger partial charge in [-0.15, -0.1) is 0 Å². The van der Waals surface area contributed by atoms with Crippen molar-refractivity contribution in [3.8, 4) is 0 Å². The minimum atomic E-state index is -1.20. The topological polar surface area (TPSA) is 156 Å². The highest BCUT2D eigenvalue weighted by Crippen LogP contribution is 2.32. The predicted molar refractivity (Wildman–Crippen MR) is 113 cm³/mol. The average molecular weight is 447 g/mol. The number of aromatic nitrogens is 4. The fourth-order valence-corrected chi connectivity index (χ4v) is 4.61. The van der Waals surface area contributed by atoms with Crippen LogP contribution in [0.3, 0.4) is 0 Å². The van der Waals surface area contributed by atoms with Crippen molar-refractivity contribution in [1.29, 1.82) is 0 Å². The zero-order valence-corrected chi connectivity index (χ0v) is 17.7. The van der Waals surface area contributed by atoms with E-state index in [0.29, 0.717) is 30.2 Å². The molecule has 5 N–H and O–H groups in total. The Hall–Kier alpha value is -2.54. The molecule has 3 aliphatic rings. The molecular formula is C20H29N7O5. The van der Waals surface area contributed by atoms with Crippen molar-refractivity contribution in [2.75, 3.05) is 25.1 Å². The second-order valence-electron chi connectivity index (χ2n) is 8.63. The molecule has 1 saturated carbocycles. The number of aliphatic hydroxyl groups is 2. The molecule has 0 bridgehead atoms. The summed E-state index contributed by atoms with van der Waals surface area (Å²) in [6.07, 6.45) is 4.00. The molecule has 2 amide bonds. The number of imidazole rings is 1. The zero-order chi connectivity index (χ0) is 22.1. The molecule has 2 aliphatic heterocycles. The maximum atomic E-state index is 12.1. The molecule has 12 nitrogen and oxygen atoms in total. The van der Waals surface area contributed by atoms with E-state index in [-0.39, 0.29) is 24.7 Å². The van der Waals surface area contributed by atoms with Crippen LogP contribution in [0.1, 0.15) is 38.3 Å². The number of nitrogens with zero attached hydrogens (tertiary/aromatic N) is 4. The van der Waals surface area contributed by atoms with Crippen molar-refractivity contribution < 1.29 is 24.5 Å². The highest BCUT2D eigenvalue weighted by atomic mass is 16.6. The number of ether oxygens (including phenoxy) is 2. The van der Waals surface area contributed by atoms with E-state index in [0.717, 1.165) is 32.1 Å². The van der Waals surface area contributed by atoms with Crippen molar-refractivity contribution in [3.05, 3.63) is 12.7 Å². The third-order valence-electron chi connectivity index (χ3n) is 6.39. The number of hydrogen-bond donors (Lipinski definition) is 5. The smallest absolute Gasteiger partial charge is 0.315 e. The molecule has 0 spiro atoms. The molecule has 32 heavy (non-hydrogen) atoms. The van der Waals surface area contributed by atoms with Crippen molar-refractivity contribution in [2.45, 2.75) is 68.7 Å². The zero-order valence-electron chi connectivity index (χ0n) is 17.7. The first-order chi connectivity index (χ1) is 15.6. The summed E-state index contributed by atoms with van der Waals surface area (Å²) in [7, 11) is 0. The Balaban J connectivity index is 1.25. The summed E-state index contributed by atoms with van der Waals surface area (Å²) in [5, 5.41) is 30.1. The van der Waals surface area contributed by atoms with Crippen molar-refractivity contribution in [2.24, 2.45) is 0 Å². The predicted octanol–water partition coefficient (Wildman–Crippen LogP) is -0.112. The van der Waals surface area contributed by atoms with Crippen LogP contribution < -0.4 is 16.0 Å². The van der Waals surface area contributed by atoms with Crippen LogP contribution in [0.2, 0.25) is 0 Å². The summed E-state index contributed by atoms with van der Waals surface area (Å²) in [6.45, 7) is 1.38. The Bertz CT molecular complexity index is 944. The number of anilines is 1. The van der Waals surface area contributed by atoms with E-state index < -0.39 is 24.5 Å². The maximum Gasteiger partial charge on any atom is 0.315 e. The highest BCUT2D eigenvalue weighted by molar-refractivity contribution is 5.82. The first-order valence-corrected chi connectivity index (χ1v) is 11.2. The summed E-state index contributed by atoms with van der Waals surface area (Å²) >= 11 is 0. The molecule has 12 heteroatoms. The van der Waals surface area contributed by atoms with Gasteiger partial charge in [0.05, 0.1) is 19.0 Å². The maximum absolute atomic E-state index is 12.1. The average Bonchev–Trinajstić information content (AvgIpc) is 3.58. The molecular weight excluding hydrogens is 418 g/mol. The van der Waals surface area contributed by atoms with Crippen LogP contribution in [0, 0.1) is 0 Å². The van der Waals surface area contributed by atoms with Gasteiger partial charge in [-0.25, -0.2) is 19.7 Å². The minimum Gasteiger partial charge on any atom is -0.387 e. The fraction of sp³-hybridized carbons (Fsp3) is 0.700. The quantitative estimate of drug-likeness (QED) is 0.408. The van der Waals surface area contributed by atoms with Gasteiger partial charge in [0.25, 0.3) is 0 Å². The number of aliphatic hydroxyl groups excluding tert-OH is 2. The van der Waals surface area contributed by atoms with Gasteiger partial charge in [0.2, 0.25) is 0 Å². The van der Waals surface area contributed by atoms with Gasteiger partial charge in [-0.3, -0.25) is 4.57 Å². The number of urea groups is 1. The van der Waals surface area contributed by atoms with Gasteiger partial charge >= 0.3 is 6.03 Å². The third kappa shape index (κ3) is 4.22. The van der Waals surface area contributed by atoms with Gasteiger partial charge in [0, 0.05) is 19.2 Å². The lowest BCUT2D eigenvalue weighted by molar-refractivity contribution is -0.0335. The molecule has 4 heterocycles. The van der Waals surface area contributed by atoms with Crippen LogP contribution in [0.15, 0.2) is 12.7 Å². The van der Waals surface area contributed by atoms with E-state index >= 15 is 0 Å². The Kier molecular flexibility index (Phi) is 6.09. The Morgan fingerprint density at radius 3 is 2.75 bits per heavy atom. The number of carbonyl (C=O) groups is 1. The summed E-state index contributed by atoms with van der Waals surface area (Å²) in [6, 6.07) is 0.0515. The molecule has 0 aromatic carbocycles. The van der Waals surface area contributed by atoms with Crippen LogP contribution in [0.4, 0.5) is 10.6 Å². The van der Waals surface area contributed by atoms with Crippen LogP contribution in [-0.2, 0) is 9.47 Å². The molecule has 2 saturated heterocycles. The number of carbonyl (C=O) groups excluding carboxylic acids is 1. The standard InChI is InChI=1S/C20H29N7O5/c28-15-13(7-21-20(30)26-11-3-1-2-4-11)32-19(16(15)29)27-10-24-14-17(22-9-23-18(14)27)25-12-5-6-31-8-12/h9-13,15-16,19,28-29H,1-8H2,(H2,21,26,30)(H,22,23,25)/t12-,13-,15-,16-,19?/m1/s1. The summed E-state index contributed by atoms with van der Waals surface area (Å²) < 4.78 is 12.9. The molecule has 1 unspecified atom stereocenters. The Labute approximate surface area is 184 Å². The molecule has 174 valence electrons. The SMILES string of the molecule is O=C(NC[C@H]1OC(n2cnc3c(N[C@@H]4CCOC4)ncnc32)[C@H](O)[C@@H]1O)NC1CCCC1. The third-order valence-corrected chi connectivity index (χ3v) is 6.39. The molecule has 1 aliphatic carbocycles. The molecule has 5 rings (SSSR count). The molecule has 5 atom stereocenters. The van der Waals surface area contributed by atoms with Gasteiger partial charge in [-0.05, 0) is 19.3 Å². The highest BCUT2D eigenvalue weighted by Gasteiger charge is 2.44. The van der Waals surface area contributed by atoms with E-state index in [2.05, 4.69) is 30.9 Å². The van der Waals surface area contributed by atoms with Gasteiger partial charge in [-0.2, -0.15) is 0 Å². The van der Waals surface area contributed by atoms with E-state index in [4.69, 9.17) is 9.47 Å². The van der Waals surface area contributed by atoms with E-state index in [1.54, 1.807) is 4.57 Å². The number of fused-ring (bicyclic) bond motifs is 1. The molecule has 0 radical (unpaired) electrons. The van der Waals surface area contributed by atoms with Gasteiger partial charge < -0.3 is 35.6 Å². The summed E-state index contributed by atoms with van der Waals surface area (Å²) in [5.74, 6) is 0.582. The Morgan fingerprint density at radius 1 is 1.12 bits per heavy atom. The molecule has 2 aromatic heterocycles. The van der Waals surface area contributed by atoms with E-state index in [1.165, 1.54) is 12.7 Å². The van der Waals surface area contributed by atoms with Crippen LogP contribution in [0.25, 0.3) is 11.2 Å². The molecule has 2 aromatic rings. The lowest BCUT2D eigenvalue weighted by Crippen LogP contribution is -2.46. The van der Waals surface area contributed by atoms with Crippen molar-refractivity contribution >= 4 is 23.0 Å². The van der Waals surface area contributed by atoms with E-state index in [1.807, 2.05) is 0 Å². The minimum absolute atomic E-state index is 0.0728. The lowest BCUT2D eigenvalue weighted by Gasteiger charge is -2.18. The fourth-order valence-electron chi connectivity index (χ4n) is 4.61. The lowest BCUT2D eigenvalue weighted by atomic mass is 10.1. The number of amides is 2. The second-order valence-corrected chi connectivity index (χ2v) is 8.63. The van der Waals surface area contributed by atoms with Gasteiger partial charge in [0.15, 0.2) is 23.2 Å². The van der Waals surface area contributed by atoms with Crippen LogP contribution in [0.5, 0.6) is 0 Å². The van der Waals surface area contributed by atoms with Crippen molar-refractivity contribution in [1.82, 2.24) is 30.2 Å². The summed E-state index contributed by atoms with van der Waals surface area (Å²) in [4.78, 5) is 25.1. The number of nitrogens with one attached hydrogen (secondary N) is 3. The first-order valence-electron chi connectivity index (χ1n) is 11.2. The largest absolute Gasteiger partial charge is 0.387 e. The van der Waals surface area contributed by atoms with Crippen molar-refractivity contribution in [3.63, 3.8) is 0 Å². The second kappa shape index (κ2) is 9.14. The van der Waals surface area contributed by atoms with Gasteiger partial charge in [-0.1, -0.05) is 12.8 Å². The van der Waals surface area contributed by atoms with Gasteiger partial charge in [0.1, 0.15) is 24.6 Å². The number of hydrogen-bond acceptors (Lipinski definition) is 9. The summed E-state index contributed by atoms with van der Waals surface area (Å²) in [5.41, 5.74) is 1.02.